The van der Waals surface area contributed by atoms with Crippen LogP contribution in [-0.4, -0.2) is 40.3 Å². The van der Waals surface area contributed by atoms with Gasteiger partial charge in [-0.1, -0.05) is 13.8 Å². The Kier molecular flexibility index (Phi) is 4.57. The van der Waals surface area contributed by atoms with Crippen LogP contribution in [0.4, 0.5) is 10.5 Å². The molecule has 1 atom stereocenters. The predicted molar refractivity (Wildman–Crippen MR) is 92.6 cm³/mol. The Balaban J connectivity index is 1.70. The Labute approximate surface area is 136 Å². The monoisotopic (exact) mass is 315 g/mol. The van der Waals surface area contributed by atoms with Crippen molar-refractivity contribution in [3.63, 3.8) is 0 Å². The van der Waals surface area contributed by atoms with Crippen LogP contribution in [-0.2, 0) is 6.54 Å². The van der Waals surface area contributed by atoms with Gasteiger partial charge in [0, 0.05) is 54.9 Å². The smallest absolute Gasteiger partial charge is 0.321 e. The molecule has 0 bridgehead atoms. The minimum atomic E-state index is -0.0816. The first-order valence-electron chi connectivity index (χ1n) is 8.32. The number of aliphatic hydroxyl groups excluding tert-OH is 1. The number of nitrogens with zero attached hydrogens (tertiary/aromatic N) is 2. The summed E-state index contributed by atoms with van der Waals surface area (Å²) in [5, 5.41) is 13.3. The van der Waals surface area contributed by atoms with E-state index in [1.807, 2.05) is 12.1 Å². The average molecular weight is 315 g/mol. The van der Waals surface area contributed by atoms with Crippen molar-refractivity contribution in [2.75, 3.05) is 25.0 Å². The summed E-state index contributed by atoms with van der Waals surface area (Å²) in [5.41, 5.74) is 2.01. The molecule has 2 heterocycles. The summed E-state index contributed by atoms with van der Waals surface area (Å²) in [6, 6.07) is 8.04. The van der Waals surface area contributed by atoms with Crippen LogP contribution in [0.15, 0.2) is 30.5 Å². The minimum absolute atomic E-state index is 0.0816. The van der Waals surface area contributed by atoms with Gasteiger partial charge < -0.3 is 19.9 Å². The van der Waals surface area contributed by atoms with Crippen molar-refractivity contribution in [2.45, 2.75) is 26.8 Å². The van der Waals surface area contributed by atoms with Gasteiger partial charge in [-0.2, -0.15) is 0 Å². The zero-order valence-corrected chi connectivity index (χ0v) is 13.8. The highest BCUT2D eigenvalue weighted by atomic mass is 16.3. The minimum Gasteiger partial charge on any atom is -0.396 e. The van der Waals surface area contributed by atoms with Crippen molar-refractivity contribution < 1.29 is 9.90 Å². The number of urea groups is 1. The summed E-state index contributed by atoms with van der Waals surface area (Å²) >= 11 is 0. The van der Waals surface area contributed by atoms with Crippen LogP contribution in [0.5, 0.6) is 0 Å². The highest BCUT2D eigenvalue weighted by Gasteiger charge is 2.25. The zero-order valence-electron chi connectivity index (χ0n) is 13.8. The lowest BCUT2D eigenvalue weighted by Crippen LogP contribution is -2.33. The number of fused-ring (bicyclic) bond motifs is 1. The van der Waals surface area contributed by atoms with Gasteiger partial charge in [0.25, 0.3) is 0 Å². The molecule has 1 unspecified atom stereocenters. The Hall–Kier alpha value is -2.01. The summed E-state index contributed by atoms with van der Waals surface area (Å²) < 4.78 is 2.25. The second kappa shape index (κ2) is 6.62. The number of hydrogen-bond acceptors (Lipinski definition) is 2. The number of anilines is 1. The molecule has 0 saturated carbocycles. The van der Waals surface area contributed by atoms with Crippen molar-refractivity contribution in [3.8, 4) is 0 Å². The van der Waals surface area contributed by atoms with Gasteiger partial charge in [-0.25, -0.2) is 4.79 Å². The fourth-order valence-corrected chi connectivity index (χ4v) is 3.20. The normalized spacial score (nSPS) is 18.1. The first kappa shape index (κ1) is 15.9. The highest BCUT2D eigenvalue weighted by molar-refractivity contribution is 5.93. The largest absolute Gasteiger partial charge is 0.396 e. The molecule has 1 aliphatic rings. The molecule has 23 heavy (non-hydrogen) atoms. The van der Waals surface area contributed by atoms with E-state index in [0.29, 0.717) is 19.0 Å². The van der Waals surface area contributed by atoms with E-state index in [1.165, 1.54) is 5.52 Å². The van der Waals surface area contributed by atoms with E-state index >= 15 is 0 Å². The molecule has 1 aromatic heterocycles. The van der Waals surface area contributed by atoms with E-state index in [2.05, 4.69) is 42.1 Å². The Morgan fingerprint density at radius 2 is 2.22 bits per heavy atom. The maximum atomic E-state index is 12.3. The van der Waals surface area contributed by atoms with Crippen LogP contribution < -0.4 is 5.32 Å². The molecule has 1 aromatic carbocycles. The number of rotatable bonds is 4. The summed E-state index contributed by atoms with van der Waals surface area (Å²) in [6.07, 6.45) is 2.98. The molecule has 0 radical (unpaired) electrons. The SMILES string of the molecule is CC(C)Cn1ccc2cc(NC(=O)N3CCC(CO)C3)ccc21. The summed E-state index contributed by atoms with van der Waals surface area (Å²) in [7, 11) is 0. The van der Waals surface area contributed by atoms with Crippen LogP contribution in [0.2, 0.25) is 0 Å². The van der Waals surface area contributed by atoms with Gasteiger partial charge >= 0.3 is 6.03 Å². The Bertz CT molecular complexity index is 693. The highest BCUT2D eigenvalue weighted by Crippen LogP contribution is 2.23. The van der Waals surface area contributed by atoms with E-state index < -0.39 is 0 Å². The van der Waals surface area contributed by atoms with Crippen molar-refractivity contribution in [3.05, 3.63) is 30.5 Å². The summed E-state index contributed by atoms with van der Waals surface area (Å²) in [6.45, 7) is 6.90. The number of hydrogen-bond donors (Lipinski definition) is 2. The molecule has 124 valence electrons. The summed E-state index contributed by atoms with van der Waals surface area (Å²) in [5.74, 6) is 0.813. The van der Waals surface area contributed by atoms with Crippen LogP contribution in [0, 0.1) is 11.8 Å². The van der Waals surface area contributed by atoms with E-state index in [4.69, 9.17) is 0 Å². The molecule has 3 rings (SSSR count). The van der Waals surface area contributed by atoms with Crippen molar-refractivity contribution >= 4 is 22.6 Å². The number of likely N-dealkylation sites (tertiary alicyclic amines) is 1. The molecule has 0 aliphatic carbocycles. The van der Waals surface area contributed by atoms with E-state index in [-0.39, 0.29) is 18.6 Å². The second-order valence-corrected chi connectivity index (χ2v) is 6.85. The Morgan fingerprint density at radius 1 is 1.39 bits per heavy atom. The van der Waals surface area contributed by atoms with Crippen LogP contribution in [0.25, 0.3) is 10.9 Å². The number of aromatic nitrogens is 1. The molecule has 1 saturated heterocycles. The number of carbonyl (C=O) groups is 1. The lowest BCUT2D eigenvalue weighted by molar-refractivity contribution is 0.209. The molecule has 1 aliphatic heterocycles. The lowest BCUT2D eigenvalue weighted by atomic mass is 10.1. The van der Waals surface area contributed by atoms with Gasteiger partial charge in [0.05, 0.1) is 0 Å². The van der Waals surface area contributed by atoms with Crippen molar-refractivity contribution in [1.82, 2.24) is 9.47 Å². The van der Waals surface area contributed by atoms with Crippen molar-refractivity contribution in [1.29, 1.82) is 0 Å². The van der Waals surface area contributed by atoms with Gasteiger partial charge in [0.2, 0.25) is 0 Å². The lowest BCUT2D eigenvalue weighted by Gasteiger charge is -2.17. The third-order valence-corrected chi connectivity index (χ3v) is 4.42. The van der Waals surface area contributed by atoms with Gasteiger partial charge in [-0.05, 0) is 36.6 Å². The molecule has 1 fully saturated rings. The van der Waals surface area contributed by atoms with Gasteiger partial charge in [0.1, 0.15) is 0 Å². The standard InChI is InChI=1S/C18H25N3O2/c1-13(2)10-20-8-6-15-9-16(3-4-17(15)20)19-18(23)21-7-5-14(11-21)12-22/h3-4,6,8-9,13-14,22H,5,7,10-12H2,1-2H3,(H,19,23). The first-order chi connectivity index (χ1) is 11.1. The second-order valence-electron chi connectivity index (χ2n) is 6.85. The maximum Gasteiger partial charge on any atom is 0.321 e. The average Bonchev–Trinajstić information content (AvgIpc) is 3.14. The zero-order chi connectivity index (χ0) is 16.4. The number of carbonyl (C=O) groups excluding carboxylic acids is 1. The van der Waals surface area contributed by atoms with E-state index in [1.54, 1.807) is 4.90 Å². The third-order valence-electron chi connectivity index (χ3n) is 4.42. The molecular formula is C18H25N3O2. The number of benzene rings is 1. The fourth-order valence-electron chi connectivity index (χ4n) is 3.20. The van der Waals surface area contributed by atoms with Crippen LogP contribution in [0.1, 0.15) is 20.3 Å². The van der Waals surface area contributed by atoms with E-state index in [0.717, 1.165) is 24.0 Å². The summed E-state index contributed by atoms with van der Waals surface area (Å²) in [4.78, 5) is 14.1. The van der Waals surface area contributed by atoms with Crippen LogP contribution >= 0.6 is 0 Å². The topological polar surface area (TPSA) is 57.5 Å². The van der Waals surface area contributed by atoms with Crippen molar-refractivity contribution in [2.24, 2.45) is 11.8 Å². The van der Waals surface area contributed by atoms with Gasteiger partial charge in [0.15, 0.2) is 0 Å². The molecule has 5 nitrogen and oxygen atoms in total. The molecule has 2 N–H and O–H groups in total. The molecule has 0 spiro atoms. The first-order valence-corrected chi connectivity index (χ1v) is 8.32. The number of nitrogens with one attached hydrogen (secondary N) is 1. The predicted octanol–water partition coefficient (Wildman–Crippen LogP) is 3.14. The quantitative estimate of drug-likeness (QED) is 0.910. The number of amides is 2. The van der Waals surface area contributed by atoms with E-state index in [9.17, 15) is 9.90 Å². The van der Waals surface area contributed by atoms with Gasteiger partial charge in [-0.15, -0.1) is 0 Å². The molecular weight excluding hydrogens is 290 g/mol. The molecule has 2 aromatic rings. The van der Waals surface area contributed by atoms with Gasteiger partial charge in [-0.3, -0.25) is 0 Å². The maximum absolute atomic E-state index is 12.3. The fraction of sp³-hybridized carbons (Fsp3) is 0.500. The van der Waals surface area contributed by atoms with Crippen LogP contribution in [0.3, 0.4) is 0 Å². The molecule has 5 heteroatoms. The third kappa shape index (κ3) is 3.50. The molecule has 2 amide bonds. The Morgan fingerprint density at radius 3 is 2.91 bits per heavy atom. The number of aliphatic hydroxyl groups is 1.